The number of piperidine rings is 1. The zero-order chi connectivity index (χ0) is 34.1. The number of rotatable bonds is 8. The first-order valence-corrected chi connectivity index (χ1v) is 15.4. The molecule has 2 fully saturated rings. The van der Waals surface area contributed by atoms with Gasteiger partial charge in [0.1, 0.15) is 17.2 Å². The van der Waals surface area contributed by atoms with Crippen LogP contribution in [0.5, 0.6) is 0 Å². The average Bonchev–Trinajstić information content (AvgIpc) is 3.67. The van der Waals surface area contributed by atoms with Gasteiger partial charge in [0.05, 0.1) is 11.6 Å². The number of anilines is 2. The van der Waals surface area contributed by atoms with Gasteiger partial charge in [-0.3, -0.25) is 4.79 Å². The summed E-state index contributed by atoms with van der Waals surface area (Å²) >= 11 is 0. The van der Waals surface area contributed by atoms with E-state index in [1.54, 1.807) is 35.5 Å². The predicted octanol–water partition coefficient (Wildman–Crippen LogP) is 4.88. The molecule has 12 nitrogen and oxygen atoms in total. The van der Waals surface area contributed by atoms with Crippen LogP contribution in [-0.4, -0.2) is 87.4 Å². The number of halogens is 4. The molecule has 1 N–H and O–H groups in total. The maximum absolute atomic E-state index is 14.8. The highest BCUT2D eigenvalue weighted by Crippen LogP contribution is 2.33. The van der Waals surface area contributed by atoms with Crippen LogP contribution in [0.2, 0.25) is 0 Å². The van der Waals surface area contributed by atoms with Gasteiger partial charge in [-0.25, -0.2) is 23.5 Å². The Balaban J connectivity index is 1.26. The Morgan fingerprint density at radius 3 is 2.34 bits per heavy atom. The van der Waals surface area contributed by atoms with E-state index < -0.39 is 47.0 Å². The molecule has 0 unspecified atom stereocenters. The fourth-order valence-electron chi connectivity index (χ4n) is 5.91. The standard InChI is InChI=1S/C31H38F4N8O4/c1-6-43(20-9-11-41(12-10-20)28-39-26(40-47-28)31(5,34)35)25(44)18-14-36-27(37-15-18)42-16-22(21-13-19(32)7-8-23(21)33)24(17-42)38-29(45)46-30(2,3)4/h7-8,13-15,20,22,24H,6,9-12,16-17H2,1-5H3,(H,38,45)/t22-,24+/m1/s1. The first-order valence-electron chi connectivity index (χ1n) is 15.4. The summed E-state index contributed by atoms with van der Waals surface area (Å²) in [5.41, 5.74) is -0.391. The molecule has 254 valence electrons. The number of aromatic nitrogens is 4. The SMILES string of the molecule is CCN(C(=O)c1cnc(N2C[C@H](NC(=O)OC(C)(C)C)[C@@H](c3cc(F)ccc3F)C2)nc1)C1CCN(c2nc(C(C)(F)F)no2)CC1. The summed E-state index contributed by atoms with van der Waals surface area (Å²) in [6, 6.07) is 2.44. The number of carbonyl (C=O) groups excluding carboxylic acids is 2. The molecular formula is C31H38F4N8O4. The van der Waals surface area contributed by atoms with Gasteiger partial charge in [-0.05, 0) is 64.3 Å². The summed E-state index contributed by atoms with van der Waals surface area (Å²) in [5.74, 6) is -5.75. The van der Waals surface area contributed by atoms with Crippen molar-refractivity contribution >= 4 is 24.0 Å². The lowest BCUT2D eigenvalue weighted by Crippen LogP contribution is -2.47. The third-order valence-electron chi connectivity index (χ3n) is 8.13. The van der Waals surface area contributed by atoms with Gasteiger partial charge in [0.15, 0.2) is 0 Å². The molecule has 2 atom stereocenters. The molecule has 0 radical (unpaired) electrons. The van der Waals surface area contributed by atoms with Crippen LogP contribution in [0, 0.1) is 11.6 Å². The topological polar surface area (TPSA) is 130 Å². The van der Waals surface area contributed by atoms with E-state index in [-0.39, 0.29) is 48.1 Å². The molecule has 0 spiro atoms. The van der Waals surface area contributed by atoms with Gasteiger partial charge in [-0.1, -0.05) is 5.16 Å². The van der Waals surface area contributed by atoms with Crippen molar-refractivity contribution in [1.82, 2.24) is 30.3 Å². The Morgan fingerprint density at radius 2 is 1.74 bits per heavy atom. The first-order chi connectivity index (χ1) is 22.1. The van der Waals surface area contributed by atoms with Crippen molar-refractivity contribution in [3.05, 3.63) is 59.2 Å². The van der Waals surface area contributed by atoms with Gasteiger partial charge >= 0.3 is 18.0 Å². The van der Waals surface area contributed by atoms with Gasteiger partial charge in [0.25, 0.3) is 5.91 Å². The van der Waals surface area contributed by atoms with Crippen LogP contribution >= 0.6 is 0 Å². The van der Waals surface area contributed by atoms with Crippen LogP contribution in [0.15, 0.2) is 35.1 Å². The highest BCUT2D eigenvalue weighted by Gasteiger charge is 2.39. The second-order valence-corrected chi connectivity index (χ2v) is 12.8. The van der Waals surface area contributed by atoms with Gasteiger partial charge in [-0.2, -0.15) is 13.8 Å². The van der Waals surface area contributed by atoms with Crippen LogP contribution in [0.3, 0.4) is 0 Å². The fourth-order valence-corrected chi connectivity index (χ4v) is 5.91. The number of alkyl carbamates (subject to hydrolysis) is 1. The summed E-state index contributed by atoms with van der Waals surface area (Å²) in [7, 11) is 0. The molecule has 0 aliphatic carbocycles. The van der Waals surface area contributed by atoms with E-state index in [2.05, 4.69) is 25.4 Å². The molecule has 3 aromatic rings. The number of carbonyl (C=O) groups is 2. The molecular weight excluding hydrogens is 624 g/mol. The van der Waals surface area contributed by atoms with E-state index >= 15 is 0 Å². The van der Waals surface area contributed by atoms with Crippen molar-refractivity contribution in [2.75, 3.05) is 42.5 Å². The summed E-state index contributed by atoms with van der Waals surface area (Å²) in [5, 5.41) is 6.16. The minimum Gasteiger partial charge on any atom is -0.444 e. The van der Waals surface area contributed by atoms with Crippen LogP contribution < -0.4 is 15.1 Å². The van der Waals surface area contributed by atoms with Crippen molar-refractivity contribution < 1.29 is 36.4 Å². The van der Waals surface area contributed by atoms with Gasteiger partial charge < -0.3 is 29.3 Å². The van der Waals surface area contributed by atoms with Gasteiger partial charge in [0, 0.05) is 64.0 Å². The first kappa shape index (κ1) is 33.9. The molecule has 2 saturated heterocycles. The largest absolute Gasteiger partial charge is 0.444 e. The van der Waals surface area contributed by atoms with Crippen LogP contribution in [0.4, 0.5) is 34.3 Å². The normalized spacial score (nSPS) is 19.2. The second-order valence-electron chi connectivity index (χ2n) is 12.8. The minimum absolute atomic E-state index is 0.0196. The lowest BCUT2D eigenvalue weighted by atomic mass is 9.94. The Labute approximate surface area is 269 Å². The second kappa shape index (κ2) is 13.3. The maximum atomic E-state index is 14.8. The molecule has 0 bridgehead atoms. The summed E-state index contributed by atoms with van der Waals surface area (Å²) in [4.78, 5) is 44.0. The Hall–Kier alpha value is -4.50. The van der Waals surface area contributed by atoms with Crippen molar-refractivity contribution in [2.24, 2.45) is 0 Å². The molecule has 1 aromatic carbocycles. The summed E-state index contributed by atoms with van der Waals surface area (Å²) in [6.07, 6.45) is 3.25. The maximum Gasteiger partial charge on any atom is 0.407 e. The number of hydrogen-bond donors (Lipinski definition) is 1. The third kappa shape index (κ3) is 7.91. The number of nitrogens with zero attached hydrogens (tertiary/aromatic N) is 7. The monoisotopic (exact) mass is 662 g/mol. The molecule has 2 aromatic heterocycles. The quantitative estimate of drug-likeness (QED) is 0.333. The Kier molecular flexibility index (Phi) is 9.59. The minimum atomic E-state index is -3.21. The molecule has 2 aliphatic rings. The Bertz CT molecular complexity index is 1570. The smallest absolute Gasteiger partial charge is 0.407 e. The van der Waals surface area contributed by atoms with Gasteiger partial charge in [0.2, 0.25) is 11.8 Å². The summed E-state index contributed by atoms with van der Waals surface area (Å²) in [6.45, 7) is 9.37. The lowest BCUT2D eigenvalue weighted by Gasteiger charge is -2.37. The molecule has 16 heteroatoms. The van der Waals surface area contributed by atoms with Crippen molar-refractivity contribution in [3.8, 4) is 0 Å². The van der Waals surface area contributed by atoms with E-state index in [0.29, 0.717) is 39.4 Å². The molecule has 2 aliphatic heterocycles. The van der Waals surface area contributed by atoms with Crippen LogP contribution in [0.25, 0.3) is 0 Å². The zero-order valence-electron chi connectivity index (χ0n) is 26.8. The molecule has 4 heterocycles. The lowest BCUT2D eigenvalue weighted by molar-refractivity contribution is 0.00557. The molecule has 47 heavy (non-hydrogen) atoms. The van der Waals surface area contributed by atoms with E-state index in [4.69, 9.17) is 9.26 Å². The highest BCUT2D eigenvalue weighted by molar-refractivity contribution is 5.94. The van der Waals surface area contributed by atoms with Crippen molar-refractivity contribution in [1.29, 1.82) is 0 Å². The molecule has 0 saturated carbocycles. The van der Waals surface area contributed by atoms with E-state index in [1.165, 1.54) is 12.4 Å². The highest BCUT2D eigenvalue weighted by atomic mass is 19.3. The van der Waals surface area contributed by atoms with Gasteiger partial charge in [-0.15, -0.1) is 0 Å². The zero-order valence-corrected chi connectivity index (χ0v) is 26.8. The molecule has 2 amide bonds. The molecule has 5 rings (SSSR count). The summed E-state index contributed by atoms with van der Waals surface area (Å²) < 4.78 is 66.5. The van der Waals surface area contributed by atoms with Crippen LogP contribution in [-0.2, 0) is 10.7 Å². The average molecular weight is 663 g/mol. The number of hydrogen-bond acceptors (Lipinski definition) is 10. The third-order valence-corrected chi connectivity index (χ3v) is 8.13. The van der Waals surface area contributed by atoms with Crippen LogP contribution in [0.1, 0.15) is 75.1 Å². The Morgan fingerprint density at radius 1 is 1.06 bits per heavy atom. The van der Waals surface area contributed by atoms with E-state index in [0.717, 1.165) is 18.2 Å². The van der Waals surface area contributed by atoms with E-state index in [1.807, 2.05) is 6.92 Å². The number of alkyl halides is 2. The predicted molar refractivity (Wildman–Crippen MR) is 162 cm³/mol. The van der Waals surface area contributed by atoms with Crippen molar-refractivity contribution in [3.63, 3.8) is 0 Å². The number of nitrogens with one attached hydrogen (secondary N) is 1. The number of ether oxygens (including phenoxy) is 1. The van der Waals surface area contributed by atoms with E-state index in [9.17, 15) is 27.2 Å². The number of benzene rings is 1. The fraction of sp³-hybridized carbons (Fsp3) is 0.548. The van der Waals surface area contributed by atoms with Crippen molar-refractivity contribution in [2.45, 2.75) is 77.0 Å². The number of amides is 2.